The second-order valence-corrected chi connectivity index (χ2v) is 5.97. The number of amides is 1. The molecule has 0 bridgehead atoms. The molecule has 4 rings (SSSR count). The summed E-state index contributed by atoms with van der Waals surface area (Å²) in [4.78, 5) is 21.2. The molecule has 8 nitrogen and oxygen atoms in total. The predicted octanol–water partition coefficient (Wildman–Crippen LogP) is 2.48. The van der Waals surface area contributed by atoms with E-state index in [1.165, 1.54) is 9.69 Å². The number of pyridine rings is 2. The number of anilines is 1. The quantitative estimate of drug-likeness (QED) is 0.724. The van der Waals surface area contributed by atoms with Gasteiger partial charge in [0, 0.05) is 12.4 Å². The average Bonchev–Trinajstić information content (AvgIpc) is 3.14. The van der Waals surface area contributed by atoms with E-state index < -0.39 is 0 Å². The van der Waals surface area contributed by atoms with E-state index in [-0.39, 0.29) is 11.8 Å². The fourth-order valence-electron chi connectivity index (χ4n) is 2.80. The van der Waals surface area contributed by atoms with Gasteiger partial charge in [0.15, 0.2) is 11.6 Å². The molecule has 1 aliphatic rings. The lowest BCUT2D eigenvalue weighted by atomic mass is 10.1. The lowest BCUT2D eigenvalue weighted by molar-refractivity contribution is -0.114. The van der Waals surface area contributed by atoms with Gasteiger partial charge in [-0.05, 0) is 44.2 Å². The third kappa shape index (κ3) is 2.86. The standard InChI is InChI=1S/C19H16N6O2/c1-12-14(18(26)24(22-12)16-7-3-5-9-20-16)11-15-13(2)23-25(19(15)27)17-8-4-6-10-21-17/h3-11,26H,1-2H3/b15-11+. The van der Waals surface area contributed by atoms with E-state index in [2.05, 4.69) is 20.2 Å². The number of carbonyl (C=O) groups is 1. The maximum Gasteiger partial charge on any atom is 0.282 e. The molecule has 1 aliphatic heterocycles. The van der Waals surface area contributed by atoms with Crippen molar-refractivity contribution in [3.63, 3.8) is 0 Å². The summed E-state index contributed by atoms with van der Waals surface area (Å²) in [5.74, 6) is 0.530. The normalized spacial score (nSPS) is 15.5. The van der Waals surface area contributed by atoms with Gasteiger partial charge >= 0.3 is 0 Å². The Kier molecular flexibility index (Phi) is 4.00. The van der Waals surface area contributed by atoms with Crippen LogP contribution < -0.4 is 5.01 Å². The Morgan fingerprint density at radius 2 is 1.67 bits per heavy atom. The molecule has 0 saturated heterocycles. The molecule has 134 valence electrons. The van der Waals surface area contributed by atoms with Crippen molar-refractivity contribution in [2.75, 3.05) is 5.01 Å². The van der Waals surface area contributed by atoms with Crippen molar-refractivity contribution >= 4 is 23.5 Å². The van der Waals surface area contributed by atoms with Gasteiger partial charge < -0.3 is 5.11 Å². The zero-order valence-corrected chi connectivity index (χ0v) is 14.7. The SMILES string of the molecule is CC1=NN(c2ccccn2)C(=O)/C1=C/c1c(C)nn(-c2ccccn2)c1O. The lowest BCUT2D eigenvalue weighted by Gasteiger charge is -2.09. The summed E-state index contributed by atoms with van der Waals surface area (Å²) in [6, 6.07) is 10.6. The maximum atomic E-state index is 12.8. The Bertz CT molecular complexity index is 1070. The molecule has 0 aromatic carbocycles. The Balaban J connectivity index is 1.74. The van der Waals surface area contributed by atoms with Gasteiger partial charge in [0.25, 0.3) is 5.91 Å². The molecule has 0 saturated carbocycles. The molecular weight excluding hydrogens is 344 g/mol. The van der Waals surface area contributed by atoms with E-state index in [4.69, 9.17) is 0 Å². The number of hydrogen-bond donors (Lipinski definition) is 1. The minimum Gasteiger partial charge on any atom is -0.493 e. The molecule has 0 spiro atoms. The topological polar surface area (TPSA) is 96.5 Å². The van der Waals surface area contributed by atoms with E-state index in [0.717, 1.165) is 0 Å². The van der Waals surface area contributed by atoms with Crippen molar-refractivity contribution < 1.29 is 9.90 Å². The first-order chi connectivity index (χ1) is 13.1. The van der Waals surface area contributed by atoms with Crippen LogP contribution in [0.25, 0.3) is 11.9 Å². The van der Waals surface area contributed by atoms with E-state index >= 15 is 0 Å². The van der Waals surface area contributed by atoms with Crippen LogP contribution in [-0.2, 0) is 4.79 Å². The van der Waals surface area contributed by atoms with Crippen LogP contribution >= 0.6 is 0 Å². The molecule has 8 heteroatoms. The molecule has 27 heavy (non-hydrogen) atoms. The molecule has 1 N–H and O–H groups in total. The number of aromatic hydroxyl groups is 1. The molecule has 3 aromatic rings. The van der Waals surface area contributed by atoms with E-state index in [9.17, 15) is 9.90 Å². The van der Waals surface area contributed by atoms with Gasteiger partial charge in [0.05, 0.1) is 22.5 Å². The number of aromatic nitrogens is 4. The number of carbonyl (C=O) groups excluding carboxylic acids is 1. The van der Waals surface area contributed by atoms with Crippen molar-refractivity contribution in [3.8, 4) is 11.7 Å². The highest BCUT2D eigenvalue weighted by Gasteiger charge is 2.30. The molecule has 1 amide bonds. The highest BCUT2D eigenvalue weighted by Crippen LogP contribution is 2.29. The van der Waals surface area contributed by atoms with E-state index in [1.54, 1.807) is 68.7 Å². The van der Waals surface area contributed by atoms with Crippen LogP contribution in [0.4, 0.5) is 5.82 Å². The summed E-state index contributed by atoms with van der Waals surface area (Å²) < 4.78 is 1.34. The Morgan fingerprint density at radius 3 is 2.30 bits per heavy atom. The van der Waals surface area contributed by atoms with Crippen molar-refractivity contribution in [2.24, 2.45) is 5.10 Å². The minimum absolute atomic E-state index is 0.0874. The summed E-state index contributed by atoms with van der Waals surface area (Å²) in [5.41, 5.74) is 1.93. The fourth-order valence-corrected chi connectivity index (χ4v) is 2.80. The number of nitrogens with zero attached hydrogens (tertiary/aromatic N) is 6. The van der Waals surface area contributed by atoms with Crippen LogP contribution in [0.3, 0.4) is 0 Å². The van der Waals surface area contributed by atoms with Crippen LogP contribution in [0.15, 0.2) is 59.5 Å². The second kappa shape index (κ2) is 6.49. The number of hydrazone groups is 1. The first kappa shape index (κ1) is 16.6. The van der Waals surface area contributed by atoms with Crippen LogP contribution in [0.5, 0.6) is 5.88 Å². The summed E-state index contributed by atoms with van der Waals surface area (Å²) in [5, 5.41) is 20.5. The van der Waals surface area contributed by atoms with Gasteiger partial charge in [0.2, 0.25) is 5.88 Å². The molecule has 0 unspecified atom stereocenters. The van der Waals surface area contributed by atoms with E-state index in [1.807, 2.05) is 0 Å². The van der Waals surface area contributed by atoms with Crippen molar-refractivity contribution in [1.29, 1.82) is 0 Å². The molecule has 0 atom stereocenters. The van der Waals surface area contributed by atoms with E-state index in [0.29, 0.717) is 34.2 Å². The van der Waals surface area contributed by atoms with Gasteiger partial charge in [-0.25, -0.2) is 9.97 Å². The molecule has 3 aromatic heterocycles. The number of hydrogen-bond acceptors (Lipinski definition) is 6. The summed E-state index contributed by atoms with van der Waals surface area (Å²) in [6.07, 6.45) is 4.81. The lowest BCUT2D eigenvalue weighted by Crippen LogP contribution is -2.22. The Morgan fingerprint density at radius 1 is 1.00 bits per heavy atom. The largest absolute Gasteiger partial charge is 0.493 e. The highest BCUT2D eigenvalue weighted by molar-refractivity contribution is 6.32. The minimum atomic E-state index is -0.310. The van der Waals surface area contributed by atoms with Gasteiger partial charge in [-0.1, -0.05) is 12.1 Å². The van der Waals surface area contributed by atoms with Crippen molar-refractivity contribution in [1.82, 2.24) is 19.7 Å². The Labute approximate surface area is 155 Å². The first-order valence-electron chi connectivity index (χ1n) is 8.29. The fraction of sp³-hybridized carbons (Fsp3) is 0.105. The molecule has 0 radical (unpaired) electrons. The van der Waals surface area contributed by atoms with Crippen molar-refractivity contribution in [2.45, 2.75) is 13.8 Å². The molecule has 4 heterocycles. The molecule has 0 fully saturated rings. The van der Waals surface area contributed by atoms with Gasteiger partial charge in [0.1, 0.15) is 0 Å². The van der Waals surface area contributed by atoms with Crippen LogP contribution in [0, 0.1) is 6.92 Å². The first-order valence-corrected chi connectivity index (χ1v) is 8.29. The summed E-state index contributed by atoms with van der Waals surface area (Å²) in [6.45, 7) is 3.50. The molecule has 0 aliphatic carbocycles. The zero-order valence-electron chi connectivity index (χ0n) is 14.7. The van der Waals surface area contributed by atoms with Gasteiger partial charge in [-0.15, -0.1) is 0 Å². The zero-order chi connectivity index (χ0) is 19.0. The van der Waals surface area contributed by atoms with Gasteiger partial charge in [-0.3, -0.25) is 4.79 Å². The smallest absolute Gasteiger partial charge is 0.282 e. The van der Waals surface area contributed by atoms with Crippen LogP contribution in [0.2, 0.25) is 0 Å². The maximum absolute atomic E-state index is 12.8. The molecular formula is C19H16N6O2. The Hall–Kier alpha value is -3.81. The average molecular weight is 360 g/mol. The van der Waals surface area contributed by atoms with Crippen molar-refractivity contribution in [3.05, 3.63) is 65.6 Å². The summed E-state index contributed by atoms with van der Waals surface area (Å²) >= 11 is 0. The predicted molar refractivity (Wildman–Crippen MR) is 101 cm³/mol. The van der Waals surface area contributed by atoms with Gasteiger partial charge in [-0.2, -0.15) is 19.9 Å². The summed E-state index contributed by atoms with van der Waals surface area (Å²) in [7, 11) is 0. The third-order valence-electron chi connectivity index (χ3n) is 4.17. The third-order valence-corrected chi connectivity index (χ3v) is 4.17. The van der Waals surface area contributed by atoms with Crippen LogP contribution in [0.1, 0.15) is 18.2 Å². The van der Waals surface area contributed by atoms with Crippen LogP contribution in [-0.4, -0.2) is 36.5 Å². The monoisotopic (exact) mass is 360 g/mol. The number of rotatable bonds is 3. The second-order valence-electron chi connectivity index (χ2n) is 5.97. The number of aryl methyl sites for hydroxylation is 1. The highest BCUT2D eigenvalue weighted by atomic mass is 16.3.